The van der Waals surface area contributed by atoms with Crippen LogP contribution in [0, 0.1) is 6.92 Å². The van der Waals surface area contributed by atoms with Crippen molar-refractivity contribution in [3.8, 4) is 22.9 Å². The van der Waals surface area contributed by atoms with Gasteiger partial charge in [0.2, 0.25) is 0 Å². The van der Waals surface area contributed by atoms with Gasteiger partial charge in [0.05, 0.1) is 36.1 Å². The summed E-state index contributed by atoms with van der Waals surface area (Å²) >= 11 is 0. The van der Waals surface area contributed by atoms with Gasteiger partial charge in [-0.3, -0.25) is 9.99 Å². The van der Waals surface area contributed by atoms with Crippen LogP contribution in [0.1, 0.15) is 43.2 Å². The molecule has 0 spiro atoms. The number of imidazole rings is 1. The molecule has 0 radical (unpaired) electrons. The Morgan fingerprint density at radius 2 is 1.83 bits per heavy atom. The first-order valence-electron chi connectivity index (χ1n) is 13.5. The van der Waals surface area contributed by atoms with Crippen LogP contribution in [-0.2, 0) is 12.5 Å². The SMILES string of the molecule is C=C(Nc1cc(C(C)(C)C)cc(ONC)c1OC)c1ccc(C)c(N(N)/C=C(\N)c2cnc(-c3ccncc3)n2C)c1. The van der Waals surface area contributed by atoms with Gasteiger partial charge in [-0.25, -0.2) is 10.8 Å². The first-order chi connectivity index (χ1) is 19.9. The molecule has 4 aromatic rings. The Morgan fingerprint density at radius 3 is 2.48 bits per heavy atom. The van der Waals surface area contributed by atoms with E-state index in [1.165, 1.54) is 5.01 Å². The molecule has 4 rings (SSSR count). The zero-order valence-electron chi connectivity index (χ0n) is 25.3. The number of hydroxylamine groups is 1. The summed E-state index contributed by atoms with van der Waals surface area (Å²) in [6.07, 6.45) is 6.88. The van der Waals surface area contributed by atoms with Gasteiger partial charge in [0.25, 0.3) is 0 Å². The molecule has 0 aliphatic rings. The maximum atomic E-state index is 6.54. The second-order valence-corrected chi connectivity index (χ2v) is 11.0. The van der Waals surface area contributed by atoms with E-state index in [2.05, 4.69) is 54.2 Å². The van der Waals surface area contributed by atoms with E-state index in [1.54, 1.807) is 38.9 Å². The van der Waals surface area contributed by atoms with E-state index in [4.69, 9.17) is 21.2 Å². The first kappa shape index (κ1) is 30.2. The van der Waals surface area contributed by atoms with E-state index in [9.17, 15) is 0 Å². The molecule has 0 saturated heterocycles. The Balaban J connectivity index is 1.63. The van der Waals surface area contributed by atoms with Gasteiger partial charge in [-0.2, -0.15) is 5.48 Å². The molecule has 42 heavy (non-hydrogen) atoms. The minimum absolute atomic E-state index is 0.119. The molecule has 0 saturated carbocycles. The van der Waals surface area contributed by atoms with Crippen molar-refractivity contribution in [1.82, 2.24) is 20.0 Å². The van der Waals surface area contributed by atoms with Crippen LogP contribution in [0.3, 0.4) is 0 Å². The molecule has 0 aliphatic carbocycles. The maximum absolute atomic E-state index is 6.54. The van der Waals surface area contributed by atoms with E-state index in [-0.39, 0.29) is 5.41 Å². The Morgan fingerprint density at radius 1 is 1.12 bits per heavy atom. The lowest BCUT2D eigenvalue weighted by Crippen LogP contribution is -2.27. The number of methoxy groups -OCH3 is 1. The average Bonchev–Trinajstić information content (AvgIpc) is 3.34. The van der Waals surface area contributed by atoms with Crippen molar-refractivity contribution in [2.45, 2.75) is 33.1 Å². The number of rotatable bonds is 10. The van der Waals surface area contributed by atoms with Crippen LogP contribution in [0.5, 0.6) is 11.5 Å². The second kappa shape index (κ2) is 12.4. The van der Waals surface area contributed by atoms with Crippen LogP contribution in [0.2, 0.25) is 0 Å². The van der Waals surface area contributed by atoms with E-state index in [0.29, 0.717) is 22.9 Å². The predicted molar refractivity (Wildman–Crippen MR) is 170 cm³/mol. The van der Waals surface area contributed by atoms with Crippen LogP contribution in [-0.4, -0.2) is 28.7 Å². The molecule has 220 valence electrons. The van der Waals surface area contributed by atoms with Crippen LogP contribution in [0.25, 0.3) is 22.8 Å². The predicted octanol–water partition coefficient (Wildman–Crippen LogP) is 5.33. The number of hydrazine groups is 1. The quantitative estimate of drug-likeness (QED) is 0.148. The lowest BCUT2D eigenvalue weighted by atomic mass is 9.86. The number of anilines is 2. The number of ether oxygens (including phenoxy) is 1. The van der Waals surface area contributed by atoms with Gasteiger partial charge in [0.15, 0.2) is 11.5 Å². The molecule has 6 N–H and O–H groups in total. The second-order valence-electron chi connectivity index (χ2n) is 11.0. The van der Waals surface area contributed by atoms with Crippen molar-refractivity contribution >= 4 is 22.8 Å². The number of benzene rings is 2. The number of aromatic nitrogens is 3. The fourth-order valence-electron chi connectivity index (χ4n) is 4.57. The van der Waals surface area contributed by atoms with Gasteiger partial charge >= 0.3 is 0 Å². The molecular weight excluding hydrogens is 528 g/mol. The summed E-state index contributed by atoms with van der Waals surface area (Å²) in [5.41, 5.74) is 16.3. The Kier molecular flexibility index (Phi) is 8.89. The number of aryl methyl sites for hydroxylation is 1. The summed E-state index contributed by atoms with van der Waals surface area (Å²) in [6, 6.07) is 13.8. The number of hydrogen-bond acceptors (Lipinski definition) is 9. The van der Waals surface area contributed by atoms with Gasteiger partial charge in [-0.05, 0) is 59.4 Å². The topological polar surface area (TPSA) is 129 Å². The standard InChI is InChI=1S/C32H40N8O2/c1-20-9-10-23(21(2)38-26-16-24(32(3,4)5)17-29(42-35-6)30(26)41-8)15-27(20)40(34)19-25(33)28-18-37-31(39(28)7)22-11-13-36-14-12-22/h9-19,35,38H,2,33-34H2,1,3-8H3/b25-19-. The van der Waals surface area contributed by atoms with E-state index in [0.717, 1.165) is 45.1 Å². The van der Waals surface area contributed by atoms with Crippen molar-refractivity contribution in [1.29, 1.82) is 0 Å². The lowest BCUT2D eigenvalue weighted by Gasteiger charge is -2.24. The average molecular weight is 569 g/mol. The first-order valence-corrected chi connectivity index (χ1v) is 13.5. The molecular formula is C32H40N8O2. The van der Waals surface area contributed by atoms with E-state index < -0.39 is 0 Å². The summed E-state index contributed by atoms with van der Waals surface area (Å²) in [5.74, 6) is 8.45. The molecule has 2 aromatic carbocycles. The van der Waals surface area contributed by atoms with Gasteiger partial charge < -0.3 is 25.2 Å². The number of hydrogen-bond donors (Lipinski definition) is 4. The summed E-state index contributed by atoms with van der Waals surface area (Å²) in [5, 5.41) is 4.94. The van der Waals surface area contributed by atoms with Crippen molar-refractivity contribution < 1.29 is 9.57 Å². The Labute approximate surface area is 247 Å². The summed E-state index contributed by atoms with van der Waals surface area (Å²) < 4.78 is 7.64. The highest BCUT2D eigenvalue weighted by atomic mass is 16.7. The number of nitrogens with zero attached hydrogens (tertiary/aromatic N) is 4. The molecule has 10 nitrogen and oxygen atoms in total. The maximum Gasteiger partial charge on any atom is 0.191 e. The number of nitrogens with two attached hydrogens (primary N) is 2. The zero-order chi connectivity index (χ0) is 30.6. The minimum atomic E-state index is -0.119. The molecule has 10 heteroatoms. The summed E-state index contributed by atoms with van der Waals surface area (Å²) in [4.78, 5) is 14.3. The summed E-state index contributed by atoms with van der Waals surface area (Å²) in [6.45, 7) is 12.7. The molecule has 0 atom stereocenters. The zero-order valence-corrected chi connectivity index (χ0v) is 25.3. The van der Waals surface area contributed by atoms with E-state index in [1.807, 2.05) is 54.9 Å². The molecule has 0 unspecified atom stereocenters. The summed E-state index contributed by atoms with van der Waals surface area (Å²) in [7, 11) is 5.23. The molecule has 2 aromatic heterocycles. The normalized spacial score (nSPS) is 11.8. The fraction of sp³-hybridized carbons (Fsp3) is 0.250. The molecule has 0 amide bonds. The van der Waals surface area contributed by atoms with Gasteiger partial charge in [0.1, 0.15) is 5.82 Å². The van der Waals surface area contributed by atoms with Crippen LogP contribution >= 0.6 is 0 Å². The van der Waals surface area contributed by atoms with Crippen molar-refractivity contribution in [2.24, 2.45) is 18.6 Å². The van der Waals surface area contributed by atoms with Gasteiger partial charge in [-0.15, -0.1) is 0 Å². The Hall–Kier alpha value is -4.80. The van der Waals surface area contributed by atoms with Gasteiger partial charge in [0, 0.05) is 43.9 Å². The smallest absolute Gasteiger partial charge is 0.191 e. The highest BCUT2D eigenvalue weighted by Crippen LogP contribution is 2.41. The monoisotopic (exact) mass is 568 g/mol. The third-order valence-corrected chi connectivity index (χ3v) is 6.96. The van der Waals surface area contributed by atoms with Gasteiger partial charge in [-0.1, -0.05) is 39.5 Å². The van der Waals surface area contributed by atoms with Crippen molar-refractivity contribution in [3.63, 3.8) is 0 Å². The van der Waals surface area contributed by atoms with Crippen LogP contribution in [0.15, 0.2) is 73.8 Å². The third-order valence-electron chi connectivity index (χ3n) is 6.96. The third kappa shape index (κ3) is 6.40. The van der Waals surface area contributed by atoms with Crippen molar-refractivity contribution in [2.75, 3.05) is 24.5 Å². The molecule has 0 aliphatic heterocycles. The van der Waals surface area contributed by atoms with Crippen molar-refractivity contribution in [3.05, 3.63) is 96.2 Å². The largest absolute Gasteiger partial charge is 0.491 e. The Bertz CT molecular complexity index is 1600. The highest BCUT2D eigenvalue weighted by Gasteiger charge is 2.21. The highest BCUT2D eigenvalue weighted by molar-refractivity contribution is 5.82. The molecule has 2 heterocycles. The lowest BCUT2D eigenvalue weighted by molar-refractivity contribution is 0.212. The fourth-order valence-corrected chi connectivity index (χ4v) is 4.57. The van der Waals surface area contributed by atoms with Crippen LogP contribution < -0.4 is 37.0 Å². The molecule has 0 fully saturated rings. The van der Waals surface area contributed by atoms with E-state index >= 15 is 0 Å². The molecule has 0 bridgehead atoms. The minimum Gasteiger partial charge on any atom is -0.491 e. The van der Waals surface area contributed by atoms with Crippen LogP contribution in [0.4, 0.5) is 11.4 Å². The number of pyridine rings is 1. The number of nitrogens with one attached hydrogen (secondary N) is 2.